The lowest BCUT2D eigenvalue weighted by atomic mass is 10.0. The second-order valence-corrected chi connectivity index (χ2v) is 16.2. The van der Waals surface area contributed by atoms with Gasteiger partial charge in [0.15, 0.2) is 5.13 Å². The Morgan fingerprint density at radius 2 is 1.84 bits per heavy atom. The molecule has 1 unspecified atom stereocenters. The molecule has 0 radical (unpaired) electrons. The number of aromatic nitrogens is 2. The van der Waals surface area contributed by atoms with E-state index in [1.54, 1.807) is 7.11 Å². The first-order valence-electron chi connectivity index (χ1n) is 19.4. The highest BCUT2D eigenvalue weighted by molar-refractivity contribution is 7.14. The number of hydrogen-bond donors (Lipinski definition) is 4. The molecule has 4 heterocycles. The number of benzene rings is 1. The van der Waals surface area contributed by atoms with Crippen LogP contribution in [0.3, 0.4) is 0 Å². The maximum Gasteiger partial charge on any atom is 0.408 e. The number of rotatable bonds is 9. The number of carboxylic acids is 1. The molecule has 3 amide bonds. The highest BCUT2D eigenvalue weighted by Gasteiger charge is 2.61. The molecule has 4 N–H and O–H groups in total. The maximum absolute atomic E-state index is 14.5. The van der Waals surface area contributed by atoms with Gasteiger partial charge in [0, 0.05) is 41.3 Å². The lowest BCUT2D eigenvalue weighted by Gasteiger charge is -2.29. The number of nitrogens with one attached hydrogen (secondary N) is 3. The Bertz CT molecular complexity index is 1940. The first-order valence-corrected chi connectivity index (χ1v) is 20.3. The van der Waals surface area contributed by atoms with E-state index in [0.29, 0.717) is 46.6 Å². The minimum Gasteiger partial charge on any atom is -0.497 e. The van der Waals surface area contributed by atoms with Crippen LogP contribution in [0.15, 0.2) is 41.8 Å². The fraction of sp³-hybridized carbons (Fsp3) is 0.550. The zero-order valence-corrected chi connectivity index (χ0v) is 32.4. The summed E-state index contributed by atoms with van der Waals surface area (Å²) in [6.07, 6.45) is 9.71. The predicted molar refractivity (Wildman–Crippen MR) is 207 cm³/mol. The SMILES string of the molecule is COc1ccc2c(O[C@@H]3C[C@H]4C(=O)N[C@@]5(C(=O)O)CC5/C=C\CCCCC[C@@H](NC(=O)OC5CCCC5)C(=O)N4C3)cc(-c3csc(NC(C)C)n3)nc2c1. The number of nitrogens with zero attached hydrogens (tertiary/aromatic N) is 3. The zero-order chi connectivity index (χ0) is 38.7. The Kier molecular flexibility index (Phi) is 11.5. The number of allylic oxidation sites excluding steroid dienone is 1. The van der Waals surface area contributed by atoms with Crippen molar-refractivity contribution in [3.05, 3.63) is 41.8 Å². The summed E-state index contributed by atoms with van der Waals surface area (Å²) in [5.41, 5.74) is 0.394. The summed E-state index contributed by atoms with van der Waals surface area (Å²) >= 11 is 1.47. The number of anilines is 1. The number of carboxylic acid groups (broad SMARTS) is 1. The van der Waals surface area contributed by atoms with Gasteiger partial charge in [0.1, 0.15) is 47.0 Å². The Labute approximate surface area is 324 Å². The van der Waals surface area contributed by atoms with E-state index in [-0.39, 0.29) is 37.5 Å². The van der Waals surface area contributed by atoms with Gasteiger partial charge in [0.2, 0.25) is 11.8 Å². The summed E-state index contributed by atoms with van der Waals surface area (Å²) < 4.78 is 17.9. The third-order valence-electron chi connectivity index (χ3n) is 10.9. The molecule has 3 fully saturated rings. The molecule has 7 rings (SSSR count). The Morgan fingerprint density at radius 3 is 2.60 bits per heavy atom. The summed E-state index contributed by atoms with van der Waals surface area (Å²) in [4.78, 5) is 65.5. The van der Waals surface area contributed by atoms with E-state index in [4.69, 9.17) is 24.2 Å². The second kappa shape index (κ2) is 16.4. The zero-order valence-electron chi connectivity index (χ0n) is 31.5. The number of ether oxygens (including phenoxy) is 3. The number of amides is 3. The topological polar surface area (TPSA) is 181 Å². The van der Waals surface area contributed by atoms with Crippen LogP contribution in [0.25, 0.3) is 22.3 Å². The fourth-order valence-electron chi connectivity index (χ4n) is 7.90. The van der Waals surface area contributed by atoms with E-state index in [1.807, 2.05) is 55.6 Å². The van der Waals surface area contributed by atoms with Gasteiger partial charge in [-0.1, -0.05) is 25.0 Å². The molecular formula is C40H50N6O8S. The van der Waals surface area contributed by atoms with E-state index >= 15 is 0 Å². The molecule has 2 aliphatic carbocycles. The van der Waals surface area contributed by atoms with Crippen molar-refractivity contribution in [2.75, 3.05) is 19.0 Å². The highest BCUT2D eigenvalue weighted by atomic mass is 32.1. The molecule has 0 bridgehead atoms. The number of carbonyl (C=O) groups is 4. The van der Waals surface area contributed by atoms with Gasteiger partial charge in [0.25, 0.3) is 0 Å². The average Bonchev–Trinajstić information content (AvgIpc) is 3.58. The molecule has 294 valence electrons. The van der Waals surface area contributed by atoms with E-state index in [9.17, 15) is 24.3 Å². The van der Waals surface area contributed by atoms with Crippen LogP contribution in [0.1, 0.15) is 84.5 Å². The molecule has 2 saturated carbocycles. The van der Waals surface area contributed by atoms with Crippen LogP contribution in [0.4, 0.5) is 9.93 Å². The molecule has 55 heavy (non-hydrogen) atoms. The van der Waals surface area contributed by atoms with Crippen molar-refractivity contribution >= 4 is 51.2 Å². The summed E-state index contributed by atoms with van der Waals surface area (Å²) in [5, 5.41) is 22.6. The number of hydrogen-bond acceptors (Lipinski definition) is 11. The largest absolute Gasteiger partial charge is 0.497 e. The Hall–Kier alpha value is -4.92. The number of fused-ring (bicyclic) bond motifs is 3. The molecule has 1 aromatic carbocycles. The molecule has 14 nitrogen and oxygen atoms in total. The predicted octanol–water partition coefficient (Wildman–Crippen LogP) is 6.05. The smallest absolute Gasteiger partial charge is 0.408 e. The van der Waals surface area contributed by atoms with Crippen molar-refractivity contribution in [3.63, 3.8) is 0 Å². The molecule has 4 aliphatic rings. The van der Waals surface area contributed by atoms with Gasteiger partial charge in [0.05, 0.1) is 24.9 Å². The van der Waals surface area contributed by atoms with Crippen molar-refractivity contribution in [1.82, 2.24) is 25.5 Å². The van der Waals surface area contributed by atoms with Crippen molar-refractivity contribution in [2.24, 2.45) is 5.92 Å². The average molecular weight is 775 g/mol. The lowest BCUT2D eigenvalue weighted by Crippen LogP contribution is -2.56. The van der Waals surface area contributed by atoms with Crippen molar-refractivity contribution in [2.45, 2.75) is 120 Å². The maximum atomic E-state index is 14.5. The van der Waals surface area contributed by atoms with E-state index < -0.39 is 47.6 Å². The summed E-state index contributed by atoms with van der Waals surface area (Å²) in [5.74, 6) is -1.37. The normalized spacial score (nSPS) is 26.7. The molecule has 2 aromatic heterocycles. The van der Waals surface area contributed by atoms with Crippen LogP contribution >= 0.6 is 11.3 Å². The molecule has 0 spiro atoms. The van der Waals surface area contributed by atoms with Crippen LogP contribution in [0, 0.1) is 5.92 Å². The molecule has 2 aliphatic heterocycles. The minimum atomic E-state index is -1.45. The van der Waals surface area contributed by atoms with Gasteiger partial charge in [-0.2, -0.15) is 0 Å². The molecular weight excluding hydrogens is 725 g/mol. The summed E-state index contributed by atoms with van der Waals surface area (Å²) in [7, 11) is 1.58. The monoisotopic (exact) mass is 774 g/mol. The van der Waals surface area contributed by atoms with Gasteiger partial charge in [-0.3, -0.25) is 9.59 Å². The molecule has 1 saturated heterocycles. The number of aliphatic carboxylic acids is 1. The van der Waals surface area contributed by atoms with Crippen LogP contribution in [0.2, 0.25) is 0 Å². The van der Waals surface area contributed by atoms with E-state index in [0.717, 1.165) is 50.1 Å². The first-order chi connectivity index (χ1) is 26.5. The second-order valence-electron chi connectivity index (χ2n) is 15.4. The minimum absolute atomic E-state index is 0.0324. The number of methoxy groups -OCH3 is 1. The lowest BCUT2D eigenvalue weighted by molar-refractivity contribution is -0.145. The van der Waals surface area contributed by atoms with Crippen LogP contribution < -0.4 is 25.4 Å². The van der Waals surface area contributed by atoms with E-state index in [1.165, 1.54) is 16.2 Å². The summed E-state index contributed by atoms with van der Waals surface area (Å²) in [6, 6.07) is 5.50. The van der Waals surface area contributed by atoms with Gasteiger partial charge < -0.3 is 40.2 Å². The van der Waals surface area contributed by atoms with E-state index in [2.05, 4.69) is 16.0 Å². The third kappa shape index (κ3) is 8.66. The molecule has 5 atom stereocenters. The molecule has 3 aromatic rings. The van der Waals surface area contributed by atoms with Gasteiger partial charge >= 0.3 is 12.1 Å². The fourth-order valence-corrected chi connectivity index (χ4v) is 8.75. The standard InChI is InChI=1S/C40H50N6O8S/c1-23(2)41-38-43-32(22-55-38)31-19-34(28-16-15-26(52-3)17-30(28)42-31)53-27-18-33-35(47)45-40(37(49)50)20-24(40)11-7-5-4-6-8-14-29(36(48)46(33)21-27)44-39(51)54-25-12-9-10-13-25/h7,11,15-17,19,22-25,27,29,33H,4-6,8-10,12-14,18,20-21H2,1-3H3,(H,41,43)(H,44,51)(H,45,47)(H,49,50)/b11-7-/t24?,27-,29-,33+,40+/m1/s1. The Morgan fingerprint density at radius 1 is 1.04 bits per heavy atom. The van der Waals surface area contributed by atoms with Crippen LogP contribution in [-0.2, 0) is 19.1 Å². The quantitative estimate of drug-likeness (QED) is 0.186. The number of thiazole rings is 1. The third-order valence-corrected chi connectivity index (χ3v) is 11.7. The van der Waals surface area contributed by atoms with Gasteiger partial charge in [-0.05, 0) is 77.3 Å². The Balaban J connectivity index is 1.20. The first kappa shape index (κ1) is 38.4. The highest BCUT2D eigenvalue weighted by Crippen LogP contribution is 2.45. The van der Waals surface area contributed by atoms with Gasteiger partial charge in [-0.25, -0.2) is 19.6 Å². The number of alkyl carbamates (subject to hydrolysis) is 1. The van der Waals surface area contributed by atoms with Gasteiger partial charge in [-0.15, -0.1) is 11.3 Å². The van der Waals surface area contributed by atoms with Crippen molar-refractivity contribution in [3.8, 4) is 22.9 Å². The number of pyridine rings is 1. The van der Waals surface area contributed by atoms with Crippen molar-refractivity contribution < 1.29 is 38.5 Å². The van der Waals surface area contributed by atoms with Crippen LogP contribution in [0.5, 0.6) is 11.5 Å². The van der Waals surface area contributed by atoms with Crippen LogP contribution in [-0.4, -0.2) is 93.4 Å². The summed E-state index contributed by atoms with van der Waals surface area (Å²) in [6.45, 7) is 4.11. The van der Waals surface area contributed by atoms with Crippen molar-refractivity contribution in [1.29, 1.82) is 0 Å². The molecule has 15 heteroatoms. The number of carbonyl (C=O) groups excluding carboxylic acids is 3.